The third kappa shape index (κ3) is 7.66. The minimum Gasteiger partial charge on any atom is -0.468 e. The number of piperidine rings is 1. The Morgan fingerprint density at radius 2 is 1.83 bits per heavy atom. The molecule has 0 radical (unpaired) electrons. The van der Waals surface area contributed by atoms with Gasteiger partial charge in [-0.15, -0.1) is 0 Å². The molecule has 0 aliphatic carbocycles. The van der Waals surface area contributed by atoms with E-state index in [2.05, 4.69) is 15.3 Å². The van der Waals surface area contributed by atoms with E-state index in [0.717, 1.165) is 24.8 Å². The van der Waals surface area contributed by atoms with Crippen molar-refractivity contribution in [3.63, 3.8) is 0 Å². The molecule has 7 nitrogen and oxygen atoms in total. The van der Waals surface area contributed by atoms with Crippen molar-refractivity contribution >= 4 is 17.5 Å². The number of nitrogens with zero attached hydrogens (tertiary/aromatic N) is 3. The first-order chi connectivity index (χ1) is 16.5. The van der Waals surface area contributed by atoms with Gasteiger partial charge < -0.3 is 15.0 Å². The second-order valence-electron chi connectivity index (χ2n) is 9.05. The summed E-state index contributed by atoms with van der Waals surface area (Å²) in [4.78, 5) is 35.7. The SMILES string of the molecule is CC(C)C(=O)Cc1cc(C(C)NC(=O)c2ccc(OCC(F)(F)F)nc2N2CCCCC2)ccn1. The Bertz CT molecular complexity index is 1040. The van der Waals surface area contributed by atoms with Crippen LogP contribution in [-0.4, -0.2) is 47.5 Å². The number of halogens is 3. The summed E-state index contributed by atoms with van der Waals surface area (Å²) < 4.78 is 42.6. The predicted octanol–water partition coefficient (Wildman–Crippen LogP) is 4.67. The number of ether oxygens (including phenoxy) is 1. The average molecular weight is 493 g/mol. The Morgan fingerprint density at radius 3 is 2.49 bits per heavy atom. The van der Waals surface area contributed by atoms with Crippen LogP contribution in [0, 0.1) is 5.92 Å². The number of aromatic nitrogens is 2. The molecule has 0 bridgehead atoms. The minimum absolute atomic E-state index is 0.0800. The Morgan fingerprint density at radius 1 is 1.11 bits per heavy atom. The predicted molar refractivity (Wildman–Crippen MR) is 126 cm³/mol. The molecule has 10 heteroatoms. The fraction of sp³-hybridized carbons (Fsp3) is 0.520. The number of nitrogens with one attached hydrogen (secondary N) is 1. The molecule has 1 amide bonds. The number of pyridine rings is 2. The van der Waals surface area contributed by atoms with Crippen molar-refractivity contribution in [2.45, 2.75) is 58.7 Å². The van der Waals surface area contributed by atoms with Crippen LogP contribution in [0.15, 0.2) is 30.5 Å². The topological polar surface area (TPSA) is 84.4 Å². The molecule has 1 fully saturated rings. The van der Waals surface area contributed by atoms with Crippen molar-refractivity contribution < 1.29 is 27.5 Å². The van der Waals surface area contributed by atoms with Gasteiger partial charge in [0.15, 0.2) is 6.61 Å². The van der Waals surface area contributed by atoms with Crippen LogP contribution in [0.5, 0.6) is 5.88 Å². The zero-order valence-corrected chi connectivity index (χ0v) is 20.2. The van der Waals surface area contributed by atoms with Crippen LogP contribution >= 0.6 is 0 Å². The zero-order valence-electron chi connectivity index (χ0n) is 20.2. The van der Waals surface area contributed by atoms with Crippen molar-refractivity contribution in [3.8, 4) is 5.88 Å². The van der Waals surface area contributed by atoms with E-state index in [1.165, 1.54) is 12.1 Å². The van der Waals surface area contributed by atoms with Gasteiger partial charge in [-0.25, -0.2) is 0 Å². The molecular weight excluding hydrogens is 461 g/mol. The molecule has 1 unspecified atom stereocenters. The van der Waals surface area contributed by atoms with Gasteiger partial charge >= 0.3 is 6.18 Å². The lowest BCUT2D eigenvalue weighted by molar-refractivity contribution is -0.154. The van der Waals surface area contributed by atoms with Crippen molar-refractivity contribution in [3.05, 3.63) is 47.3 Å². The summed E-state index contributed by atoms with van der Waals surface area (Å²) >= 11 is 0. The van der Waals surface area contributed by atoms with Crippen LogP contribution in [0.3, 0.4) is 0 Å². The van der Waals surface area contributed by atoms with Gasteiger partial charge in [-0.3, -0.25) is 14.6 Å². The van der Waals surface area contributed by atoms with Gasteiger partial charge in [0.05, 0.1) is 11.6 Å². The molecular formula is C25H31F3N4O3. The highest BCUT2D eigenvalue weighted by Crippen LogP contribution is 2.27. The number of ketones is 1. The standard InChI is InChI=1S/C25H31F3N4O3/c1-16(2)21(33)14-19-13-18(9-10-29-19)17(3)30-24(34)20-7-8-22(35-15-25(26,27)28)31-23(20)32-11-5-4-6-12-32/h7-10,13,16-17H,4-6,11-12,14-15H2,1-3H3,(H,30,34). The van der Waals surface area contributed by atoms with E-state index in [4.69, 9.17) is 4.74 Å². The fourth-order valence-corrected chi connectivity index (χ4v) is 3.79. The van der Waals surface area contributed by atoms with E-state index < -0.39 is 24.7 Å². The van der Waals surface area contributed by atoms with Gasteiger partial charge in [0.2, 0.25) is 5.88 Å². The normalized spacial score (nSPS) is 15.1. The Balaban J connectivity index is 1.79. The number of carbonyl (C=O) groups is 2. The van der Waals surface area contributed by atoms with Crippen LogP contribution in [0.25, 0.3) is 0 Å². The van der Waals surface area contributed by atoms with Crippen LogP contribution in [0.4, 0.5) is 19.0 Å². The molecule has 3 rings (SSSR count). The van der Waals surface area contributed by atoms with Gasteiger partial charge in [0, 0.05) is 43.4 Å². The minimum atomic E-state index is -4.48. The lowest BCUT2D eigenvalue weighted by Crippen LogP contribution is -2.34. The molecule has 2 aromatic rings. The third-order valence-corrected chi connectivity index (χ3v) is 5.82. The Labute approximate surface area is 203 Å². The summed E-state index contributed by atoms with van der Waals surface area (Å²) in [5.41, 5.74) is 1.68. The monoisotopic (exact) mass is 492 g/mol. The van der Waals surface area contributed by atoms with Gasteiger partial charge in [-0.2, -0.15) is 18.2 Å². The molecule has 1 atom stereocenters. The third-order valence-electron chi connectivity index (χ3n) is 5.82. The smallest absolute Gasteiger partial charge is 0.422 e. The molecule has 190 valence electrons. The highest BCUT2D eigenvalue weighted by Gasteiger charge is 2.29. The van der Waals surface area contributed by atoms with Crippen molar-refractivity contribution in [2.24, 2.45) is 5.92 Å². The number of alkyl halides is 3. The number of rotatable bonds is 9. The van der Waals surface area contributed by atoms with Crippen molar-refractivity contribution in [2.75, 3.05) is 24.6 Å². The number of hydrogen-bond donors (Lipinski definition) is 1. The highest BCUT2D eigenvalue weighted by molar-refractivity contribution is 5.99. The summed E-state index contributed by atoms with van der Waals surface area (Å²) in [5, 5.41) is 2.93. The first-order valence-corrected chi connectivity index (χ1v) is 11.8. The van der Waals surface area contributed by atoms with Crippen LogP contribution < -0.4 is 15.0 Å². The Hall–Kier alpha value is -3.17. The van der Waals surface area contributed by atoms with Crippen molar-refractivity contribution in [1.82, 2.24) is 15.3 Å². The first-order valence-electron chi connectivity index (χ1n) is 11.8. The Kier molecular flexibility index (Phi) is 8.69. The molecule has 1 aliphatic rings. The lowest BCUT2D eigenvalue weighted by atomic mass is 10.0. The van der Waals surface area contributed by atoms with E-state index in [0.29, 0.717) is 24.6 Å². The van der Waals surface area contributed by atoms with Gasteiger partial charge in [-0.1, -0.05) is 13.8 Å². The zero-order chi connectivity index (χ0) is 25.6. The summed E-state index contributed by atoms with van der Waals surface area (Å²) in [6, 6.07) is 5.90. The molecule has 1 aliphatic heterocycles. The summed E-state index contributed by atoms with van der Waals surface area (Å²) in [6.07, 6.45) is 0.191. The number of Topliss-reactive ketones (excluding diaryl/α,β-unsaturated/α-hetero) is 1. The lowest BCUT2D eigenvalue weighted by Gasteiger charge is -2.29. The van der Waals surface area contributed by atoms with E-state index in [1.54, 1.807) is 18.3 Å². The van der Waals surface area contributed by atoms with E-state index >= 15 is 0 Å². The number of carbonyl (C=O) groups excluding carboxylic acids is 2. The fourth-order valence-electron chi connectivity index (χ4n) is 3.79. The molecule has 0 aromatic carbocycles. The summed E-state index contributed by atoms with van der Waals surface area (Å²) in [7, 11) is 0. The number of anilines is 1. The highest BCUT2D eigenvalue weighted by atomic mass is 19.4. The molecule has 0 spiro atoms. The second-order valence-corrected chi connectivity index (χ2v) is 9.05. The average Bonchev–Trinajstić information content (AvgIpc) is 2.82. The van der Waals surface area contributed by atoms with Crippen molar-refractivity contribution in [1.29, 1.82) is 0 Å². The van der Waals surface area contributed by atoms with Gasteiger partial charge in [0.25, 0.3) is 5.91 Å². The number of hydrogen-bond acceptors (Lipinski definition) is 6. The quantitative estimate of drug-likeness (QED) is 0.548. The van der Waals surface area contributed by atoms with Crippen LogP contribution in [0.1, 0.15) is 67.7 Å². The van der Waals surface area contributed by atoms with E-state index in [1.807, 2.05) is 25.7 Å². The molecule has 35 heavy (non-hydrogen) atoms. The van der Waals surface area contributed by atoms with E-state index in [9.17, 15) is 22.8 Å². The second kappa shape index (κ2) is 11.5. The maximum atomic E-state index is 13.2. The maximum Gasteiger partial charge on any atom is 0.422 e. The van der Waals surface area contributed by atoms with Crippen LogP contribution in [-0.2, 0) is 11.2 Å². The molecule has 1 N–H and O–H groups in total. The number of amides is 1. The molecule has 0 saturated carbocycles. The van der Waals surface area contributed by atoms with E-state index in [-0.39, 0.29) is 29.6 Å². The summed E-state index contributed by atoms with van der Waals surface area (Å²) in [6.45, 7) is 5.35. The van der Waals surface area contributed by atoms with Gasteiger partial charge in [-0.05, 0) is 49.9 Å². The molecule has 3 heterocycles. The first kappa shape index (κ1) is 26.4. The largest absolute Gasteiger partial charge is 0.468 e. The van der Waals surface area contributed by atoms with Gasteiger partial charge in [0.1, 0.15) is 11.6 Å². The van der Waals surface area contributed by atoms with Crippen LogP contribution in [0.2, 0.25) is 0 Å². The summed E-state index contributed by atoms with van der Waals surface area (Å²) in [5.74, 6) is -0.282. The molecule has 2 aromatic heterocycles. The maximum absolute atomic E-state index is 13.2. The molecule has 1 saturated heterocycles.